The topological polar surface area (TPSA) is 36.9 Å². The van der Waals surface area contributed by atoms with Crippen LogP contribution in [0.5, 0.6) is 0 Å². The first-order valence-electron chi connectivity index (χ1n) is 7.75. The van der Waals surface area contributed by atoms with E-state index in [-0.39, 0.29) is 0 Å². The second-order valence-electron chi connectivity index (χ2n) is 5.19. The average molecular weight is 304 g/mol. The van der Waals surface area contributed by atoms with Gasteiger partial charge in [0.2, 0.25) is 10.7 Å². The predicted octanol–water partition coefficient (Wildman–Crippen LogP) is 4.34. The Labute approximate surface area is 131 Å². The quantitative estimate of drug-likeness (QED) is 0.737. The highest BCUT2D eigenvalue weighted by molar-refractivity contribution is 7.71. The van der Waals surface area contributed by atoms with E-state index in [1.54, 1.807) is 0 Å². The van der Waals surface area contributed by atoms with Crippen LogP contribution in [-0.4, -0.2) is 27.9 Å². The normalized spacial score (nSPS) is 10.8. The molecule has 0 spiro atoms. The van der Waals surface area contributed by atoms with Gasteiger partial charge >= 0.3 is 0 Å². The Morgan fingerprint density at radius 3 is 2.29 bits per heavy atom. The molecule has 1 aromatic carbocycles. The predicted molar refractivity (Wildman–Crippen MR) is 90.8 cm³/mol. The van der Waals surface area contributed by atoms with Crippen LogP contribution in [-0.2, 0) is 0 Å². The lowest BCUT2D eigenvalue weighted by molar-refractivity contribution is 0.657. The molecule has 114 valence electrons. The number of unbranched alkanes of at least 4 members (excludes halogenated alkanes) is 2. The molecule has 0 aliphatic carbocycles. The Balaban J connectivity index is 2.34. The van der Waals surface area contributed by atoms with Crippen molar-refractivity contribution in [2.45, 2.75) is 39.5 Å². The van der Waals surface area contributed by atoms with Gasteiger partial charge in [0.1, 0.15) is 0 Å². The van der Waals surface area contributed by atoms with Crippen LogP contribution >= 0.6 is 12.2 Å². The molecular weight excluding hydrogens is 280 g/mol. The van der Waals surface area contributed by atoms with Crippen molar-refractivity contribution >= 4 is 18.2 Å². The molecule has 5 heteroatoms. The second kappa shape index (κ2) is 7.98. The van der Waals surface area contributed by atoms with Gasteiger partial charge in [-0.15, -0.1) is 5.10 Å². The molecule has 0 fully saturated rings. The molecule has 0 saturated carbocycles. The molecule has 2 rings (SSSR count). The summed E-state index contributed by atoms with van der Waals surface area (Å²) < 4.78 is 2.68. The first-order chi connectivity index (χ1) is 10.3. The van der Waals surface area contributed by atoms with Crippen molar-refractivity contribution in [3.05, 3.63) is 35.1 Å². The van der Waals surface area contributed by atoms with Crippen molar-refractivity contribution < 1.29 is 0 Å². The summed E-state index contributed by atoms with van der Waals surface area (Å²) in [6, 6.07) is 10.2. The van der Waals surface area contributed by atoms with Crippen molar-refractivity contribution in [3.63, 3.8) is 0 Å². The Morgan fingerprint density at radius 2 is 1.71 bits per heavy atom. The minimum atomic E-state index is 0.647. The smallest absolute Gasteiger partial charge is 0.230 e. The van der Waals surface area contributed by atoms with Gasteiger partial charge in [-0.25, -0.2) is 5.10 Å². The number of nitrogens with zero attached hydrogens (tertiary/aromatic N) is 3. The van der Waals surface area contributed by atoms with E-state index in [9.17, 15) is 0 Å². The maximum absolute atomic E-state index is 5.42. The highest BCUT2D eigenvalue weighted by Crippen LogP contribution is 2.19. The number of rotatable bonds is 8. The summed E-state index contributed by atoms with van der Waals surface area (Å²) in [4.78, 5) is 2.34. The average Bonchev–Trinajstić information content (AvgIpc) is 2.90. The van der Waals surface area contributed by atoms with Gasteiger partial charge in [-0.2, -0.15) is 0 Å². The van der Waals surface area contributed by atoms with Crippen LogP contribution in [0, 0.1) is 4.77 Å². The summed E-state index contributed by atoms with van der Waals surface area (Å²) in [7, 11) is 0. The molecule has 1 N–H and O–H groups in total. The van der Waals surface area contributed by atoms with E-state index in [4.69, 9.17) is 12.2 Å². The molecule has 0 saturated heterocycles. The Morgan fingerprint density at radius 1 is 1.10 bits per heavy atom. The first kappa shape index (κ1) is 15.8. The van der Waals surface area contributed by atoms with E-state index < -0.39 is 0 Å². The number of nitrogens with one attached hydrogen (secondary N) is 1. The molecule has 0 atom stereocenters. The minimum absolute atomic E-state index is 0.647. The Kier molecular flexibility index (Phi) is 5.99. The maximum Gasteiger partial charge on any atom is 0.230 e. The SMILES string of the molecule is CCCCN(CCCC)c1n[nH]c(=S)n1-c1ccccc1. The van der Waals surface area contributed by atoms with E-state index in [1.807, 2.05) is 22.8 Å². The number of H-pyrrole nitrogens is 1. The third-order valence-electron chi connectivity index (χ3n) is 3.52. The number of hydrogen-bond acceptors (Lipinski definition) is 3. The van der Waals surface area contributed by atoms with Crippen LogP contribution in [0.3, 0.4) is 0 Å². The summed E-state index contributed by atoms with van der Waals surface area (Å²) in [6.45, 7) is 6.46. The molecule has 1 aromatic heterocycles. The maximum atomic E-state index is 5.42. The van der Waals surface area contributed by atoms with Crippen molar-refractivity contribution in [2.75, 3.05) is 18.0 Å². The number of aromatic nitrogens is 3. The number of hydrogen-bond donors (Lipinski definition) is 1. The van der Waals surface area contributed by atoms with Crippen LogP contribution in [0.15, 0.2) is 30.3 Å². The number of aromatic amines is 1. The van der Waals surface area contributed by atoms with Crippen LogP contribution in [0.1, 0.15) is 39.5 Å². The van der Waals surface area contributed by atoms with Crippen LogP contribution in [0.2, 0.25) is 0 Å². The second-order valence-corrected chi connectivity index (χ2v) is 5.58. The van der Waals surface area contributed by atoms with E-state index in [2.05, 4.69) is 41.1 Å². The van der Waals surface area contributed by atoms with Crippen molar-refractivity contribution in [1.82, 2.24) is 14.8 Å². The van der Waals surface area contributed by atoms with Gasteiger partial charge in [0.15, 0.2) is 0 Å². The summed E-state index contributed by atoms with van der Waals surface area (Å²) in [5, 5.41) is 7.41. The molecule has 2 aromatic rings. The number of benzene rings is 1. The fraction of sp³-hybridized carbons (Fsp3) is 0.500. The van der Waals surface area contributed by atoms with Crippen molar-refractivity contribution in [3.8, 4) is 5.69 Å². The van der Waals surface area contributed by atoms with Gasteiger partial charge in [0.25, 0.3) is 0 Å². The monoisotopic (exact) mass is 304 g/mol. The molecule has 21 heavy (non-hydrogen) atoms. The zero-order chi connectivity index (χ0) is 15.1. The van der Waals surface area contributed by atoms with Gasteiger partial charge in [0, 0.05) is 13.1 Å². The highest BCUT2D eigenvalue weighted by Gasteiger charge is 2.15. The van der Waals surface area contributed by atoms with E-state index in [0.717, 1.165) is 37.6 Å². The number of para-hydroxylation sites is 1. The van der Waals surface area contributed by atoms with Crippen molar-refractivity contribution in [1.29, 1.82) is 0 Å². The van der Waals surface area contributed by atoms with Crippen molar-refractivity contribution in [2.24, 2.45) is 0 Å². The summed E-state index contributed by atoms with van der Waals surface area (Å²) in [5.74, 6) is 0.924. The molecule has 0 unspecified atom stereocenters. The Hall–Kier alpha value is -1.62. The summed E-state index contributed by atoms with van der Waals surface area (Å²) in [6.07, 6.45) is 4.69. The third kappa shape index (κ3) is 3.94. The molecule has 1 heterocycles. The first-order valence-corrected chi connectivity index (χ1v) is 8.16. The molecule has 0 radical (unpaired) electrons. The third-order valence-corrected chi connectivity index (χ3v) is 3.79. The fourth-order valence-corrected chi connectivity index (χ4v) is 2.55. The lowest BCUT2D eigenvalue weighted by atomic mass is 10.2. The largest absolute Gasteiger partial charge is 0.341 e. The highest BCUT2D eigenvalue weighted by atomic mass is 32.1. The van der Waals surface area contributed by atoms with Gasteiger partial charge in [-0.3, -0.25) is 4.57 Å². The molecule has 0 aliphatic heterocycles. The van der Waals surface area contributed by atoms with Crippen LogP contribution in [0.25, 0.3) is 5.69 Å². The van der Waals surface area contributed by atoms with Crippen LogP contribution < -0.4 is 4.90 Å². The fourth-order valence-electron chi connectivity index (χ4n) is 2.32. The van der Waals surface area contributed by atoms with E-state index in [0.29, 0.717) is 4.77 Å². The number of anilines is 1. The zero-order valence-electron chi connectivity index (χ0n) is 12.9. The van der Waals surface area contributed by atoms with E-state index >= 15 is 0 Å². The van der Waals surface area contributed by atoms with E-state index in [1.165, 1.54) is 12.8 Å². The molecule has 0 aliphatic rings. The zero-order valence-corrected chi connectivity index (χ0v) is 13.7. The standard InChI is InChI=1S/C16H24N4S/c1-3-5-12-19(13-6-4-2)15-17-18-16(21)20(15)14-10-8-7-9-11-14/h7-11H,3-6,12-13H2,1-2H3,(H,18,21). The molecule has 4 nitrogen and oxygen atoms in total. The summed E-state index contributed by atoms with van der Waals surface area (Å²) in [5.41, 5.74) is 1.06. The molecule has 0 bridgehead atoms. The lowest BCUT2D eigenvalue weighted by Crippen LogP contribution is -2.28. The van der Waals surface area contributed by atoms with Gasteiger partial charge in [-0.1, -0.05) is 44.9 Å². The van der Waals surface area contributed by atoms with Gasteiger partial charge < -0.3 is 4.90 Å². The summed E-state index contributed by atoms with van der Waals surface area (Å²) >= 11 is 5.42. The molecule has 0 amide bonds. The van der Waals surface area contributed by atoms with Gasteiger partial charge in [-0.05, 0) is 37.2 Å². The van der Waals surface area contributed by atoms with Crippen LogP contribution in [0.4, 0.5) is 5.95 Å². The van der Waals surface area contributed by atoms with Gasteiger partial charge in [0.05, 0.1) is 5.69 Å². The Bertz CT molecular complexity index is 580. The minimum Gasteiger partial charge on any atom is -0.341 e. The molecular formula is C16H24N4S. The lowest BCUT2D eigenvalue weighted by Gasteiger charge is -2.23.